The van der Waals surface area contributed by atoms with Crippen molar-refractivity contribution in [1.29, 1.82) is 0 Å². The molecule has 0 heterocycles. The smallest absolute Gasteiger partial charge is 0.320 e. The van der Waals surface area contributed by atoms with Crippen molar-refractivity contribution in [1.82, 2.24) is 0 Å². The van der Waals surface area contributed by atoms with E-state index in [4.69, 9.17) is 21.1 Å². The van der Waals surface area contributed by atoms with Crippen molar-refractivity contribution in [2.45, 2.75) is 44.6 Å². The number of carboxylic acids is 1. The van der Waals surface area contributed by atoms with Crippen molar-refractivity contribution in [3.63, 3.8) is 0 Å². The fraction of sp³-hybridized carbons (Fsp3) is 0.562. The quantitative estimate of drug-likeness (QED) is 0.265. The predicted octanol–water partition coefficient (Wildman–Crippen LogP) is 3.28. The number of carboxylic acid groups (broad SMARTS) is 1. The number of ether oxygens (including phenoxy) is 1. The van der Waals surface area contributed by atoms with Gasteiger partial charge < -0.3 is 15.6 Å². The number of carbonyl (C=O) groups is 1. The zero-order valence-corrected chi connectivity index (χ0v) is 13.2. The summed E-state index contributed by atoms with van der Waals surface area (Å²) in [5.41, 5.74) is 14.5. The molecule has 0 saturated heterocycles. The number of aliphatic carboxylic acids is 1. The Kier molecular flexibility index (Phi) is 9.28. The molecule has 3 N–H and O–H groups in total. The van der Waals surface area contributed by atoms with Crippen LogP contribution in [0.4, 0.5) is 0 Å². The zero-order chi connectivity index (χ0) is 16.9. The number of rotatable bonds is 12. The van der Waals surface area contributed by atoms with Crippen molar-refractivity contribution in [2.24, 2.45) is 10.8 Å². The molecule has 0 aliphatic carbocycles. The van der Waals surface area contributed by atoms with Crippen molar-refractivity contribution in [3.05, 3.63) is 40.3 Å². The number of nitrogens with two attached hydrogens (primary N) is 1. The standard InChI is InChI=1S/C16H24N4O3/c17-15(16(21)22)12-13-6-8-14(9-7-13)23-11-5-3-1-2-4-10-19-20-18/h6-9,15H,1-5,10-12,17H2,(H,21,22)/t15-/m0/s1. The minimum absolute atomic E-state index is 0.311. The predicted molar refractivity (Wildman–Crippen MR) is 88.4 cm³/mol. The molecule has 0 bridgehead atoms. The Balaban J connectivity index is 2.13. The molecular weight excluding hydrogens is 296 g/mol. The van der Waals surface area contributed by atoms with Crippen LogP contribution in [0.5, 0.6) is 5.75 Å². The summed E-state index contributed by atoms with van der Waals surface area (Å²) < 4.78 is 5.64. The molecule has 0 aliphatic heterocycles. The van der Waals surface area contributed by atoms with E-state index in [9.17, 15) is 4.79 Å². The summed E-state index contributed by atoms with van der Waals surface area (Å²) in [7, 11) is 0. The van der Waals surface area contributed by atoms with E-state index in [2.05, 4.69) is 10.0 Å². The molecule has 1 atom stereocenters. The van der Waals surface area contributed by atoms with E-state index in [1.54, 1.807) is 0 Å². The van der Waals surface area contributed by atoms with E-state index in [0.29, 0.717) is 19.6 Å². The van der Waals surface area contributed by atoms with Gasteiger partial charge in [-0.15, -0.1) is 0 Å². The van der Waals surface area contributed by atoms with E-state index in [1.807, 2.05) is 24.3 Å². The van der Waals surface area contributed by atoms with Crippen molar-refractivity contribution in [2.75, 3.05) is 13.2 Å². The number of hydrogen-bond donors (Lipinski definition) is 2. The van der Waals surface area contributed by atoms with E-state index in [1.165, 1.54) is 0 Å². The summed E-state index contributed by atoms with van der Waals surface area (Å²) in [6, 6.07) is 6.48. The molecule has 126 valence electrons. The van der Waals surface area contributed by atoms with Crippen LogP contribution >= 0.6 is 0 Å². The lowest BCUT2D eigenvalue weighted by Crippen LogP contribution is -2.32. The molecule has 1 rings (SSSR count). The molecule has 0 fully saturated rings. The molecule has 0 spiro atoms. The Morgan fingerprint density at radius 2 is 1.87 bits per heavy atom. The molecule has 0 amide bonds. The summed E-state index contributed by atoms with van der Waals surface area (Å²) in [5.74, 6) is -0.217. The fourth-order valence-electron chi connectivity index (χ4n) is 2.11. The Labute approximate surface area is 136 Å². The summed E-state index contributed by atoms with van der Waals surface area (Å²) in [6.07, 6.45) is 5.49. The van der Waals surface area contributed by atoms with Crippen LogP contribution in [0, 0.1) is 0 Å². The van der Waals surface area contributed by atoms with Gasteiger partial charge in [0.05, 0.1) is 6.61 Å². The molecule has 0 saturated carbocycles. The molecular formula is C16H24N4O3. The zero-order valence-electron chi connectivity index (χ0n) is 13.2. The van der Waals surface area contributed by atoms with Crippen molar-refractivity contribution >= 4 is 5.97 Å². The van der Waals surface area contributed by atoms with Crippen LogP contribution in [0.15, 0.2) is 29.4 Å². The van der Waals surface area contributed by atoms with Crippen LogP contribution < -0.4 is 10.5 Å². The monoisotopic (exact) mass is 320 g/mol. The number of unbranched alkanes of at least 4 members (excludes halogenated alkanes) is 4. The van der Waals surface area contributed by atoms with E-state index >= 15 is 0 Å². The van der Waals surface area contributed by atoms with Crippen LogP contribution in [0.1, 0.15) is 37.7 Å². The van der Waals surface area contributed by atoms with Gasteiger partial charge in [0, 0.05) is 11.5 Å². The Morgan fingerprint density at radius 1 is 1.22 bits per heavy atom. The van der Waals surface area contributed by atoms with Gasteiger partial charge in [0.25, 0.3) is 0 Å². The van der Waals surface area contributed by atoms with E-state index in [-0.39, 0.29) is 0 Å². The topological polar surface area (TPSA) is 121 Å². The van der Waals surface area contributed by atoms with Crippen molar-refractivity contribution < 1.29 is 14.6 Å². The summed E-state index contributed by atoms with van der Waals surface area (Å²) in [4.78, 5) is 13.4. The van der Waals surface area contributed by atoms with Gasteiger partial charge in [-0.25, -0.2) is 0 Å². The second-order valence-electron chi connectivity index (χ2n) is 5.36. The minimum atomic E-state index is -0.996. The first-order chi connectivity index (χ1) is 11.1. The maximum absolute atomic E-state index is 10.7. The lowest BCUT2D eigenvalue weighted by atomic mass is 10.1. The van der Waals surface area contributed by atoms with Gasteiger partial charge in [-0.1, -0.05) is 36.5 Å². The Bertz CT molecular complexity index is 513. The highest BCUT2D eigenvalue weighted by Crippen LogP contribution is 2.14. The van der Waals surface area contributed by atoms with Crippen LogP contribution in [0.2, 0.25) is 0 Å². The molecule has 0 unspecified atom stereocenters. The molecule has 1 aromatic rings. The van der Waals surface area contributed by atoms with Gasteiger partial charge in [-0.05, 0) is 42.5 Å². The van der Waals surface area contributed by atoms with Gasteiger partial charge in [0.2, 0.25) is 0 Å². The number of nitrogens with zero attached hydrogens (tertiary/aromatic N) is 3. The van der Waals surface area contributed by atoms with Gasteiger partial charge in [-0.2, -0.15) is 0 Å². The third-order valence-electron chi connectivity index (χ3n) is 3.43. The first-order valence-corrected chi connectivity index (χ1v) is 7.84. The second-order valence-corrected chi connectivity index (χ2v) is 5.36. The summed E-state index contributed by atoms with van der Waals surface area (Å²) in [6.45, 7) is 1.23. The van der Waals surface area contributed by atoms with Crippen LogP contribution in [-0.4, -0.2) is 30.3 Å². The molecule has 0 radical (unpaired) electrons. The third-order valence-corrected chi connectivity index (χ3v) is 3.43. The van der Waals surface area contributed by atoms with Crippen LogP contribution in [-0.2, 0) is 11.2 Å². The molecule has 1 aromatic carbocycles. The van der Waals surface area contributed by atoms with Crippen LogP contribution in [0.3, 0.4) is 0 Å². The largest absolute Gasteiger partial charge is 0.494 e. The van der Waals surface area contributed by atoms with Gasteiger partial charge in [0.15, 0.2) is 0 Å². The molecule has 7 heteroatoms. The van der Waals surface area contributed by atoms with Crippen molar-refractivity contribution in [3.8, 4) is 5.75 Å². The number of azide groups is 1. The van der Waals surface area contributed by atoms with Gasteiger partial charge in [0.1, 0.15) is 11.8 Å². The lowest BCUT2D eigenvalue weighted by molar-refractivity contribution is -0.138. The normalized spacial score (nSPS) is 11.5. The molecule has 0 aromatic heterocycles. The first kappa shape index (κ1) is 18.8. The van der Waals surface area contributed by atoms with Gasteiger partial charge in [-0.3, -0.25) is 4.79 Å². The van der Waals surface area contributed by atoms with E-state index in [0.717, 1.165) is 43.4 Å². The SMILES string of the molecule is [N-]=[N+]=NCCCCCCCOc1ccc(C[C@H](N)C(=O)O)cc1. The Hall–Kier alpha value is -2.24. The molecule has 23 heavy (non-hydrogen) atoms. The Morgan fingerprint density at radius 3 is 2.52 bits per heavy atom. The summed E-state index contributed by atoms with van der Waals surface area (Å²) >= 11 is 0. The highest BCUT2D eigenvalue weighted by atomic mass is 16.5. The number of benzene rings is 1. The summed E-state index contributed by atoms with van der Waals surface area (Å²) in [5, 5.41) is 12.3. The maximum atomic E-state index is 10.7. The highest BCUT2D eigenvalue weighted by Gasteiger charge is 2.11. The fourth-order valence-corrected chi connectivity index (χ4v) is 2.11. The average molecular weight is 320 g/mol. The minimum Gasteiger partial charge on any atom is -0.494 e. The second kappa shape index (κ2) is 11.3. The highest BCUT2D eigenvalue weighted by molar-refractivity contribution is 5.73. The number of hydrogen-bond acceptors (Lipinski definition) is 4. The lowest BCUT2D eigenvalue weighted by Gasteiger charge is -2.09. The van der Waals surface area contributed by atoms with E-state index < -0.39 is 12.0 Å². The van der Waals surface area contributed by atoms with Crippen LogP contribution in [0.25, 0.3) is 10.4 Å². The third kappa shape index (κ3) is 8.70. The average Bonchev–Trinajstić information content (AvgIpc) is 2.54. The molecule has 7 nitrogen and oxygen atoms in total. The first-order valence-electron chi connectivity index (χ1n) is 7.84. The molecule has 0 aliphatic rings. The maximum Gasteiger partial charge on any atom is 0.320 e. The van der Waals surface area contributed by atoms with Gasteiger partial charge >= 0.3 is 5.97 Å².